The molecule has 1 aromatic carbocycles. The molecule has 0 aliphatic rings. The van der Waals surface area contributed by atoms with Crippen molar-refractivity contribution in [1.29, 1.82) is 0 Å². The lowest BCUT2D eigenvalue weighted by Gasteiger charge is -2.05. The lowest BCUT2D eigenvalue weighted by atomic mass is 10.3. The third-order valence-corrected chi connectivity index (χ3v) is 3.55. The van der Waals surface area contributed by atoms with Crippen LogP contribution in [-0.2, 0) is 19.4 Å². The van der Waals surface area contributed by atoms with Gasteiger partial charge >= 0.3 is 5.97 Å². The molecule has 0 radical (unpaired) electrons. The van der Waals surface area contributed by atoms with Gasteiger partial charge in [-0.25, -0.2) is 8.42 Å². The Bertz CT molecular complexity index is 481. The molecule has 0 heterocycles. The van der Waals surface area contributed by atoms with Gasteiger partial charge in [-0.15, -0.1) is 0 Å². The van der Waals surface area contributed by atoms with Crippen molar-refractivity contribution in [2.24, 2.45) is 0 Å². The molecule has 0 spiro atoms. The van der Waals surface area contributed by atoms with Gasteiger partial charge in [-0.3, -0.25) is 4.79 Å². The quantitative estimate of drug-likeness (QED) is 0.618. The van der Waals surface area contributed by atoms with E-state index < -0.39 is 15.8 Å². The van der Waals surface area contributed by atoms with Gasteiger partial charge in [0.25, 0.3) is 0 Å². The predicted octanol–water partition coefficient (Wildman–Crippen LogP) is 0.606. The van der Waals surface area contributed by atoms with Crippen LogP contribution in [0, 0.1) is 0 Å². The fourth-order valence-corrected chi connectivity index (χ4v) is 2.26. The second-order valence-corrected chi connectivity index (χ2v) is 5.34. The average Bonchev–Trinajstić information content (AvgIpc) is 2.16. The van der Waals surface area contributed by atoms with Gasteiger partial charge in [-0.05, 0) is 18.2 Å². The van der Waals surface area contributed by atoms with Crippen LogP contribution >= 0.6 is 0 Å². The Balaban J connectivity index is 2.74. The largest absolute Gasteiger partial charge is 0.465 e. The fourth-order valence-electron chi connectivity index (χ4n) is 1.12. The summed E-state index contributed by atoms with van der Waals surface area (Å²) in [5, 5.41) is 0. The zero-order valence-corrected chi connectivity index (χ0v) is 9.66. The summed E-state index contributed by atoms with van der Waals surface area (Å²) in [7, 11) is -3.44. The second-order valence-electron chi connectivity index (χ2n) is 3.23. The number of nitrogen functional groups attached to an aromatic ring is 1. The lowest BCUT2D eigenvalue weighted by Crippen LogP contribution is -2.14. The molecule has 0 saturated carbocycles. The highest BCUT2D eigenvalue weighted by molar-refractivity contribution is 7.91. The SMILES string of the molecule is CC(=O)OCCS(=O)(=O)c1cccc(N)c1. The van der Waals surface area contributed by atoms with Crippen LogP contribution in [-0.4, -0.2) is 26.7 Å². The monoisotopic (exact) mass is 243 g/mol. The molecule has 1 rings (SSSR count). The van der Waals surface area contributed by atoms with Gasteiger partial charge in [0.2, 0.25) is 0 Å². The Morgan fingerprint density at radius 2 is 2.12 bits per heavy atom. The number of ether oxygens (including phenoxy) is 1. The molecular weight excluding hydrogens is 230 g/mol. The molecule has 0 atom stereocenters. The van der Waals surface area contributed by atoms with Crippen molar-refractivity contribution >= 4 is 21.5 Å². The molecule has 2 N–H and O–H groups in total. The summed E-state index contributed by atoms with van der Waals surface area (Å²) < 4.78 is 28.0. The van der Waals surface area contributed by atoms with Crippen molar-refractivity contribution in [2.75, 3.05) is 18.1 Å². The summed E-state index contributed by atoms with van der Waals surface area (Å²) in [4.78, 5) is 10.6. The van der Waals surface area contributed by atoms with Gasteiger partial charge in [0.1, 0.15) is 6.61 Å². The van der Waals surface area contributed by atoms with E-state index in [1.165, 1.54) is 19.1 Å². The third-order valence-electron chi connectivity index (χ3n) is 1.87. The van der Waals surface area contributed by atoms with E-state index in [0.29, 0.717) is 5.69 Å². The fraction of sp³-hybridized carbons (Fsp3) is 0.300. The minimum atomic E-state index is -3.44. The lowest BCUT2D eigenvalue weighted by molar-refractivity contribution is -0.140. The van der Waals surface area contributed by atoms with Crippen LogP contribution in [0.15, 0.2) is 29.2 Å². The summed E-state index contributed by atoms with van der Waals surface area (Å²) in [6, 6.07) is 6.00. The Morgan fingerprint density at radius 1 is 1.44 bits per heavy atom. The molecule has 0 unspecified atom stereocenters. The third kappa shape index (κ3) is 3.54. The van der Waals surface area contributed by atoms with Crippen molar-refractivity contribution in [3.05, 3.63) is 24.3 Å². The molecule has 0 amide bonds. The predicted molar refractivity (Wildman–Crippen MR) is 59.5 cm³/mol. The van der Waals surface area contributed by atoms with E-state index in [1.54, 1.807) is 12.1 Å². The van der Waals surface area contributed by atoms with Gasteiger partial charge < -0.3 is 10.5 Å². The molecule has 0 aliphatic heterocycles. The number of carbonyl (C=O) groups excluding carboxylic acids is 1. The zero-order chi connectivity index (χ0) is 12.2. The molecule has 16 heavy (non-hydrogen) atoms. The van der Waals surface area contributed by atoms with E-state index in [9.17, 15) is 13.2 Å². The van der Waals surface area contributed by atoms with Crippen molar-refractivity contribution in [3.8, 4) is 0 Å². The van der Waals surface area contributed by atoms with Crippen LogP contribution in [0.3, 0.4) is 0 Å². The summed E-state index contributed by atoms with van der Waals surface area (Å²) in [6.07, 6.45) is 0. The van der Waals surface area contributed by atoms with Gasteiger partial charge in [0.05, 0.1) is 10.6 Å². The van der Waals surface area contributed by atoms with Gasteiger partial charge in [0, 0.05) is 12.6 Å². The van der Waals surface area contributed by atoms with Gasteiger partial charge in [0.15, 0.2) is 9.84 Å². The molecule has 88 valence electrons. The maximum atomic E-state index is 11.7. The first-order valence-corrected chi connectivity index (χ1v) is 6.29. The van der Waals surface area contributed by atoms with E-state index in [2.05, 4.69) is 4.74 Å². The van der Waals surface area contributed by atoms with E-state index in [1.807, 2.05) is 0 Å². The molecule has 1 aromatic rings. The Kier molecular flexibility index (Phi) is 3.89. The number of rotatable bonds is 4. The van der Waals surface area contributed by atoms with Crippen molar-refractivity contribution < 1.29 is 17.9 Å². The molecule has 0 bridgehead atoms. The van der Waals surface area contributed by atoms with E-state index in [-0.39, 0.29) is 17.3 Å². The molecule has 5 nitrogen and oxygen atoms in total. The zero-order valence-electron chi connectivity index (χ0n) is 8.84. The number of sulfone groups is 1. The van der Waals surface area contributed by atoms with Crippen molar-refractivity contribution in [1.82, 2.24) is 0 Å². The van der Waals surface area contributed by atoms with Crippen LogP contribution in [0.4, 0.5) is 5.69 Å². The molecule has 0 fully saturated rings. The number of carbonyl (C=O) groups is 1. The normalized spacial score (nSPS) is 11.1. The number of esters is 1. The maximum Gasteiger partial charge on any atom is 0.302 e. The first-order valence-electron chi connectivity index (χ1n) is 4.63. The summed E-state index contributed by atoms with van der Waals surface area (Å²) >= 11 is 0. The number of nitrogens with two attached hydrogens (primary N) is 1. The molecule has 0 saturated heterocycles. The minimum absolute atomic E-state index is 0.139. The standard InChI is InChI=1S/C10H13NO4S/c1-8(12)15-5-6-16(13,14)10-4-2-3-9(11)7-10/h2-4,7H,5-6,11H2,1H3. The maximum absolute atomic E-state index is 11.7. The number of hydrogen-bond acceptors (Lipinski definition) is 5. The topological polar surface area (TPSA) is 86.5 Å². The molecule has 0 aromatic heterocycles. The smallest absolute Gasteiger partial charge is 0.302 e. The first kappa shape index (κ1) is 12.5. The Morgan fingerprint density at radius 3 is 2.69 bits per heavy atom. The van der Waals surface area contributed by atoms with Crippen molar-refractivity contribution in [2.45, 2.75) is 11.8 Å². The van der Waals surface area contributed by atoms with Crippen molar-refractivity contribution in [3.63, 3.8) is 0 Å². The average molecular weight is 243 g/mol. The van der Waals surface area contributed by atoms with Crippen LogP contribution < -0.4 is 5.73 Å². The summed E-state index contributed by atoms with van der Waals surface area (Å²) in [6.45, 7) is 1.08. The van der Waals surface area contributed by atoms with Crippen LogP contribution in [0.1, 0.15) is 6.92 Å². The minimum Gasteiger partial charge on any atom is -0.465 e. The van der Waals surface area contributed by atoms with Gasteiger partial charge in [-0.2, -0.15) is 0 Å². The first-order chi connectivity index (χ1) is 7.42. The Labute approximate surface area is 94.1 Å². The molecular formula is C10H13NO4S. The van der Waals surface area contributed by atoms with Crippen LogP contribution in [0.25, 0.3) is 0 Å². The second kappa shape index (κ2) is 4.98. The van der Waals surface area contributed by atoms with E-state index in [0.717, 1.165) is 0 Å². The number of hydrogen-bond donors (Lipinski definition) is 1. The summed E-state index contributed by atoms with van der Waals surface area (Å²) in [5.41, 5.74) is 5.87. The van der Waals surface area contributed by atoms with Crippen LogP contribution in [0.5, 0.6) is 0 Å². The van der Waals surface area contributed by atoms with Crippen LogP contribution in [0.2, 0.25) is 0 Å². The number of benzene rings is 1. The number of anilines is 1. The molecule has 0 aliphatic carbocycles. The molecule has 6 heteroatoms. The highest BCUT2D eigenvalue weighted by Gasteiger charge is 2.14. The summed E-state index contributed by atoms with van der Waals surface area (Å²) in [5.74, 6) is -0.737. The van der Waals surface area contributed by atoms with E-state index in [4.69, 9.17) is 5.73 Å². The highest BCUT2D eigenvalue weighted by Crippen LogP contribution is 2.14. The highest BCUT2D eigenvalue weighted by atomic mass is 32.2. The van der Waals surface area contributed by atoms with E-state index >= 15 is 0 Å². The van der Waals surface area contributed by atoms with Gasteiger partial charge in [-0.1, -0.05) is 6.07 Å². The Hall–Kier alpha value is -1.56.